The first-order valence-corrected chi connectivity index (χ1v) is 6.19. The van der Waals surface area contributed by atoms with Gasteiger partial charge < -0.3 is 15.1 Å². The van der Waals surface area contributed by atoms with Crippen LogP contribution in [-0.2, 0) is 13.9 Å². The van der Waals surface area contributed by atoms with E-state index in [1.165, 1.54) is 6.92 Å². The Labute approximate surface area is 91.8 Å². The SMILES string of the molecule is CCN1C(=O)NC(CC)(OP(=O)(O)O)C1=O. The van der Waals surface area contributed by atoms with Crippen LogP contribution in [0.3, 0.4) is 0 Å². The maximum atomic E-state index is 11.8. The van der Waals surface area contributed by atoms with Crippen molar-refractivity contribution in [2.75, 3.05) is 6.54 Å². The van der Waals surface area contributed by atoms with Crippen LogP contribution in [0.4, 0.5) is 4.79 Å². The number of phosphoric ester groups is 1. The van der Waals surface area contributed by atoms with Crippen molar-refractivity contribution >= 4 is 19.8 Å². The number of hydrogen-bond acceptors (Lipinski definition) is 4. The van der Waals surface area contributed by atoms with Gasteiger partial charge in [0.2, 0.25) is 5.72 Å². The van der Waals surface area contributed by atoms with E-state index in [-0.39, 0.29) is 13.0 Å². The van der Waals surface area contributed by atoms with Gasteiger partial charge in [-0.1, -0.05) is 6.92 Å². The van der Waals surface area contributed by atoms with E-state index in [2.05, 4.69) is 9.84 Å². The zero-order chi connectivity index (χ0) is 12.6. The van der Waals surface area contributed by atoms with Crippen molar-refractivity contribution < 1.29 is 28.5 Å². The van der Waals surface area contributed by atoms with Gasteiger partial charge in [-0.15, -0.1) is 0 Å². The summed E-state index contributed by atoms with van der Waals surface area (Å²) >= 11 is 0. The highest BCUT2D eigenvalue weighted by molar-refractivity contribution is 7.46. The largest absolute Gasteiger partial charge is 0.472 e. The van der Waals surface area contributed by atoms with Crippen LogP contribution in [0.5, 0.6) is 0 Å². The highest BCUT2D eigenvalue weighted by atomic mass is 31.2. The Morgan fingerprint density at radius 2 is 2.00 bits per heavy atom. The van der Waals surface area contributed by atoms with Gasteiger partial charge in [0.15, 0.2) is 0 Å². The van der Waals surface area contributed by atoms with E-state index >= 15 is 0 Å². The molecule has 3 N–H and O–H groups in total. The molecular formula is C7H13N2O6P. The number of nitrogens with one attached hydrogen (secondary N) is 1. The number of amides is 3. The summed E-state index contributed by atoms with van der Waals surface area (Å²) in [5.41, 5.74) is -1.95. The lowest BCUT2D eigenvalue weighted by Gasteiger charge is -2.24. The van der Waals surface area contributed by atoms with Gasteiger partial charge in [0.1, 0.15) is 0 Å². The van der Waals surface area contributed by atoms with Crippen molar-refractivity contribution in [2.45, 2.75) is 26.0 Å². The number of urea groups is 1. The van der Waals surface area contributed by atoms with Crippen LogP contribution in [-0.4, -0.2) is 38.9 Å². The minimum atomic E-state index is -4.86. The van der Waals surface area contributed by atoms with Gasteiger partial charge in [0.05, 0.1) is 0 Å². The fourth-order valence-corrected chi connectivity index (χ4v) is 2.12. The summed E-state index contributed by atoms with van der Waals surface area (Å²) < 4.78 is 15.1. The van der Waals surface area contributed by atoms with Gasteiger partial charge in [-0.05, 0) is 6.92 Å². The Bertz CT molecular complexity index is 366. The van der Waals surface area contributed by atoms with E-state index in [0.717, 1.165) is 4.90 Å². The molecular weight excluding hydrogens is 239 g/mol. The van der Waals surface area contributed by atoms with E-state index in [0.29, 0.717) is 0 Å². The molecule has 0 aromatic heterocycles. The second-order valence-electron chi connectivity index (χ2n) is 3.24. The van der Waals surface area contributed by atoms with Gasteiger partial charge in [-0.25, -0.2) is 9.36 Å². The van der Waals surface area contributed by atoms with E-state index in [4.69, 9.17) is 9.79 Å². The van der Waals surface area contributed by atoms with E-state index in [1.54, 1.807) is 6.92 Å². The smallest absolute Gasteiger partial charge is 0.303 e. The first-order valence-electron chi connectivity index (χ1n) is 4.66. The number of hydrogen-bond donors (Lipinski definition) is 3. The topological polar surface area (TPSA) is 116 Å². The van der Waals surface area contributed by atoms with Gasteiger partial charge in [-0.3, -0.25) is 14.2 Å². The van der Waals surface area contributed by atoms with Crippen molar-refractivity contribution in [3.05, 3.63) is 0 Å². The first-order chi connectivity index (χ1) is 7.25. The molecule has 0 radical (unpaired) electrons. The van der Waals surface area contributed by atoms with Crippen LogP contribution in [0.1, 0.15) is 20.3 Å². The lowest BCUT2D eigenvalue weighted by Crippen LogP contribution is -2.48. The molecule has 1 unspecified atom stereocenters. The minimum absolute atomic E-state index is 0.0703. The van der Waals surface area contributed by atoms with E-state index in [1.807, 2.05) is 0 Å². The molecule has 1 aliphatic heterocycles. The monoisotopic (exact) mass is 252 g/mol. The molecule has 0 saturated carbocycles. The number of carbonyl (C=O) groups is 2. The fourth-order valence-electron chi connectivity index (χ4n) is 1.46. The summed E-state index contributed by atoms with van der Waals surface area (Å²) in [6.45, 7) is 3.16. The second kappa shape index (κ2) is 4.14. The standard InChI is InChI=1S/C7H13N2O6P/c1-3-7(15-16(12,13)14)5(10)9(4-2)6(11)8-7/h3-4H2,1-2H3,(H,8,11)(H2,12,13,14). The maximum absolute atomic E-state index is 11.8. The molecule has 0 aliphatic carbocycles. The summed E-state index contributed by atoms with van der Waals surface area (Å²) in [5, 5.41) is 2.15. The van der Waals surface area contributed by atoms with Gasteiger partial charge in [0.25, 0.3) is 5.91 Å². The zero-order valence-corrected chi connectivity index (χ0v) is 9.73. The highest BCUT2D eigenvalue weighted by Crippen LogP contribution is 2.43. The van der Waals surface area contributed by atoms with Crippen molar-refractivity contribution in [1.82, 2.24) is 10.2 Å². The van der Waals surface area contributed by atoms with Crippen molar-refractivity contribution in [1.29, 1.82) is 0 Å². The van der Waals surface area contributed by atoms with E-state index in [9.17, 15) is 14.2 Å². The van der Waals surface area contributed by atoms with Crippen LogP contribution in [0.2, 0.25) is 0 Å². The van der Waals surface area contributed by atoms with Crippen LogP contribution < -0.4 is 5.32 Å². The number of rotatable bonds is 4. The molecule has 1 heterocycles. The molecule has 3 amide bonds. The zero-order valence-electron chi connectivity index (χ0n) is 8.84. The molecule has 0 aromatic carbocycles. The van der Waals surface area contributed by atoms with Crippen molar-refractivity contribution in [3.8, 4) is 0 Å². The Balaban J connectivity index is 3.03. The highest BCUT2D eigenvalue weighted by Gasteiger charge is 2.54. The second-order valence-corrected chi connectivity index (χ2v) is 4.41. The third-order valence-corrected chi connectivity index (χ3v) is 2.78. The molecule has 16 heavy (non-hydrogen) atoms. The van der Waals surface area contributed by atoms with Crippen LogP contribution in [0.15, 0.2) is 0 Å². The minimum Gasteiger partial charge on any atom is -0.303 e. The van der Waals surface area contributed by atoms with Gasteiger partial charge >= 0.3 is 13.9 Å². The quantitative estimate of drug-likeness (QED) is 0.470. The average molecular weight is 252 g/mol. The summed E-state index contributed by atoms with van der Waals surface area (Å²) in [4.78, 5) is 41.3. The molecule has 0 spiro atoms. The summed E-state index contributed by atoms with van der Waals surface area (Å²) in [5.74, 6) is -0.786. The molecule has 1 rings (SSSR count). The molecule has 0 bridgehead atoms. The predicted molar refractivity (Wildman–Crippen MR) is 52.1 cm³/mol. The third kappa shape index (κ3) is 2.25. The summed E-state index contributed by atoms with van der Waals surface area (Å²) in [6.07, 6.45) is -0.0703. The summed E-state index contributed by atoms with van der Waals surface area (Å²) in [7, 11) is -4.86. The normalized spacial score (nSPS) is 26.1. The molecule has 1 atom stereocenters. The Hall–Kier alpha value is -0.950. The molecule has 8 nitrogen and oxygen atoms in total. The Kier molecular flexibility index (Phi) is 3.39. The molecule has 92 valence electrons. The number of imide groups is 1. The number of phosphoric acid groups is 1. The average Bonchev–Trinajstić information content (AvgIpc) is 2.36. The predicted octanol–water partition coefficient (Wildman–Crippen LogP) is -0.226. The summed E-state index contributed by atoms with van der Waals surface area (Å²) in [6, 6.07) is -0.720. The van der Waals surface area contributed by atoms with Crippen molar-refractivity contribution in [3.63, 3.8) is 0 Å². The lowest BCUT2D eigenvalue weighted by atomic mass is 10.1. The maximum Gasteiger partial charge on any atom is 0.472 e. The fraction of sp³-hybridized carbons (Fsp3) is 0.714. The Morgan fingerprint density at radius 1 is 1.44 bits per heavy atom. The number of likely N-dealkylation sites (N-methyl/N-ethyl adjacent to an activating group) is 1. The van der Waals surface area contributed by atoms with Crippen LogP contribution in [0, 0.1) is 0 Å². The first kappa shape index (κ1) is 13.1. The Morgan fingerprint density at radius 3 is 2.31 bits per heavy atom. The molecule has 1 aliphatic rings. The lowest BCUT2D eigenvalue weighted by molar-refractivity contribution is -0.143. The van der Waals surface area contributed by atoms with Gasteiger partial charge in [-0.2, -0.15) is 0 Å². The number of nitrogens with zero attached hydrogens (tertiary/aromatic N) is 1. The van der Waals surface area contributed by atoms with Crippen LogP contribution in [0.25, 0.3) is 0 Å². The van der Waals surface area contributed by atoms with Crippen LogP contribution >= 0.6 is 7.82 Å². The molecule has 1 saturated heterocycles. The van der Waals surface area contributed by atoms with Crippen molar-refractivity contribution in [2.24, 2.45) is 0 Å². The molecule has 9 heteroatoms. The third-order valence-electron chi connectivity index (χ3n) is 2.23. The number of carbonyl (C=O) groups excluding carboxylic acids is 2. The molecule has 1 fully saturated rings. The molecule has 0 aromatic rings. The van der Waals surface area contributed by atoms with E-state index < -0.39 is 25.5 Å². The van der Waals surface area contributed by atoms with Gasteiger partial charge in [0, 0.05) is 13.0 Å².